The zero-order chi connectivity index (χ0) is 76.4. The first-order chi connectivity index (χ1) is 45.3. The molecule has 99 heavy (non-hydrogen) atoms. The number of aromatic hydroxyl groups is 1. The molecule has 1 aromatic rings. The van der Waals surface area contributed by atoms with Gasteiger partial charge in [0.2, 0.25) is 65.0 Å². The van der Waals surface area contributed by atoms with E-state index >= 15 is 0 Å². The molecule has 1 aliphatic heterocycles. The lowest BCUT2D eigenvalue weighted by Gasteiger charge is -2.42. The third kappa shape index (κ3) is 22.7. The molecule has 2 unspecified atom stereocenters. The third-order valence-corrected chi connectivity index (χ3v) is 17.7. The van der Waals surface area contributed by atoms with Crippen molar-refractivity contribution in [2.75, 3.05) is 31.1 Å². The van der Waals surface area contributed by atoms with Crippen molar-refractivity contribution in [2.24, 2.45) is 34.8 Å². The number of amides is 11. The van der Waals surface area contributed by atoms with Gasteiger partial charge < -0.3 is 70.2 Å². The fraction of sp³-hybridized carbons (Fsp3) is 0.673. The van der Waals surface area contributed by atoms with Gasteiger partial charge in [0.05, 0.1) is 25.0 Å². The van der Waals surface area contributed by atoms with E-state index in [0.29, 0.717) is 5.56 Å². The normalized spacial score (nSPS) is 20.6. The largest absolute Gasteiger partial charge is 0.508 e. The predicted molar refractivity (Wildman–Crippen MR) is 315 cm³/mol. The van der Waals surface area contributed by atoms with Crippen LogP contribution in [0.15, 0.2) is 24.3 Å². The fourth-order valence-electron chi connectivity index (χ4n) is 9.08. The van der Waals surface area contributed by atoms with Gasteiger partial charge in [-0.2, -0.15) is 74.6 Å². The number of primary amides is 3. The number of phenols is 1. The number of Topliss-reactive ketones (excluding diaryl/α,β-unsaturated/α-hetero) is 1. The summed E-state index contributed by atoms with van der Waals surface area (Å²) in [5.74, 6) is -75.0. The summed E-state index contributed by atoms with van der Waals surface area (Å²) in [5, 5.41) is 25.9. The smallest absolute Gasteiger partial charge is 0.460 e. The Balaban J connectivity index is 2.49. The maximum Gasteiger partial charge on any atom is 0.460 e. The minimum Gasteiger partial charge on any atom is -0.508 e. The number of likely N-dealkylation sites (N-methyl/N-ethyl adjacent to an activating group) is 1. The Kier molecular flexibility index (Phi) is 31.9. The van der Waals surface area contributed by atoms with Crippen molar-refractivity contribution in [3.8, 4) is 5.75 Å². The van der Waals surface area contributed by atoms with Crippen LogP contribution >= 0.6 is 21.6 Å². The van der Waals surface area contributed by atoms with Gasteiger partial charge in [0.25, 0.3) is 0 Å². The lowest BCUT2D eigenvalue weighted by atomic mass is 9.88. The summed E-state index contributed by atoms with van der Waals surface area (Å²) in [6.07, 6.45) is -17.3. The van der Waals surface area contributed by atoms with Crippen LogP contribution in [0.2, 0.25) is 0 Å². The molecule has 2 rings (SSSR count). The first-order valence-electron chi connectivity index (χ1n) is 29.6. The van der Waals surface area contributed by atoms with Crippen LogP contribution in [0.3, 0.4) is 0 Å². The van der Waals surface area contributed by atoms with E-state index in [2.05, 4.69) is 31.9 Å². The average molecular weight is 1500 g/mol. The van der Waals surface area contributed by atoms with E-state index in [1.807, 2.05) is 0 Å². The maximum atomic E-state index is 14.7. The highest BCUT2D eigenvalue weighted by atomic mass is 33.1. The number of nitrogens with zero attached hydrogens (tertiary/aromatic N) is 1. The molecule has 1 aliphatic rings. The van der Waals surface area contributed by atoms with Gasteiger partial charge in [-0.05, 0) is 56.7 Å². The third-order valence-electron chi connectivity index (χ3n) is 15.2. The summed E-state index contributed by atoms with van der Waals surface area (Å²) in [5.41, 5.74) is 22.6. The number of carbonyl (C=O) groups excluding carboxylic acids is 12. The molecule has 562 valence electrons. The van der Waals surface area contributed by atoms with Crippen molar-refractivity contribution in [1.82, 2.24) is 42.1 Å². The predicted octanol–water partition coefficient (Wildman–Crippen LogP) is 2.76. The molecule has 0 spiro atoms. The maximum absolute atomic E-state index is 14.7. The number of nitrogens with one attached hydrogen (secondary N) is 7. The Morgan fingerprint density at radius 2 is 1.13 bits per heavy atom. The molecular weight excluding hydrogens is 1420 g/mol. The van der Waals surface area contributed by atoms with E-state index in [-0.39, 0.29) is 30.8 Å². The summed E-state index contributed by atoms with van der Waals surface area (Å²) in [6, 6.07) is -6.04. The molecule has 9 atom stereocenters. The molecule has 0 aliphatic carbocycles. The summed E-state index contributed by atoms with van der Waals surface area (Å²) in [7, 11) is 1.63. The number of hydrogen-bond acceptors (Lipinski definition) is 16. The Hall–Kier alpha value is -7.67. The zero-order valence-corrected chi connectivity index (χ0v) is 54.3. The summed E-state index contributed by atoms with van der Waals surface area (Å²) >= 11 is 0. The minimum absolute atomic E-state index is 0.147. The van der Waals surface area contributed by atoms with Crippen LogP contribution in [-0.4, -0.2) is 202 Å². The highest BCUT2D eigenvalue weighted by Gasteiger charge is 2.95. The summed E-state index contributed by atoms with van der Waals surface area (Å²) < 4.78 is 233. The second-order valence-electron chi connectivity index (χ2n) is 22.7. The van der Waals surface area contributed by atoms with Crippen molar-refractivity contribution in [1.29, 1.82) is 0 Å². The van der Waals surface area contributed by atoms with Crippen LogP contribution in [-0.2, 0) is 64.0 Å². The van der Waals surface area contributed by atoms with Gasteiger partial charge >= 0.3 is 47.6 Å². The SMILES string of the molecule is CCC(C)C1NC(=O)[C@H](Cc2ccc(O)cc2)NC(=O)[C@@H](N)CSSC[C@@H](C(=O)N(CC)[C@@H](C)C(=O)C[C@@H](CCCCNC(=O)CCC(F)(F)C(F)(F)C(F)(F)C(F)(F)C(F)(F)C(F)(F)C(F)(F)C(F)(F)F)C(=O)NCC(N)=O)NC(=O)[C@H](CC(N)=O)NC(=O)[C@H](CCC(N)=O)NC1=O. The van der Waals surface area contributed by atoms with Gasteiger partial charge in [0, 0.05) is 62.6 Å². The van der Waals surface area contributed by atoms with Crippen LogP contribution in [0.25, 0.3) is 0 Å². The van der Waals surface area contributed by atoms with E-state index < -0.39 is 249 Å². The number of nitrogens with two attached hydrogens (primary N) is 4. The molecule has 44 heteroatoms. The highest BCUT2D eigenvalue weighted by molar-refractivity contribution is 8.76. The quantitative estimate of drug-likeness (QED) is 0.0280. The van der Waals surface area contributed by atoms with Crippen LogP contribution in [0, 0.1) is 11.8 Å². The Labute approximate surface area is 559 Å². The minimum atomic E-state index is -8.85. The van der Waals surface area contributed by atoms with Gasteiger partial charge in [-0.3, -0.25) is 57.5 Å². The van der Waals surface area contributed by atoms with E-state index in [1.165, 1.54) is 31.2 Å². The lowest BCUT2D eigenvalue weighted by Crippen LogP contribution is -2.74. The molecule has 0 bridgehead atoms. The summed E-state index contributed by atoms with van der Waals surface area (Å²) in [6.45, 7) is 3.67. The Bertz CT molecular complexity index is 3060. The highest BCUT2D eigenvalue weighted by Crippen LogP contribution is 2.64. The molecular formula is C55H73F17N12O13S2. The molecule has 11 amide bonds. The van der Waals surface area contributed by atoms with Crippen molar-refractivity contribution in [3.63, 3.8) is 0 Å². The average Bonchev–Trinajstić information content (AvgIpc) is 0.697. The fourth-order valence-corrected chi connectivity index (χ4v) is 11.4. The first-order valence-corrected chi connectivity index (χ1v) is 32.0. The number of halogens is 17. The van der Waals surface area contributed by atoms with Gasteiger partial charge in [0.1, 0.15) is 36.0 Å². The number of alkyl halides is 17. The molecule has 1 saturated heterocycles. The van der Waals surface area contributed by atoms with Crippen molar-refractivity contribution < 1.29 is 137 Å². The number of unbranched alkanes of at least 4 members (excludes halogenated alkanes) is 1. The van der Waals surface area contributed by atoms with E-state index in [9.17, 15) is 137 Å². The van der Waals surface area contributed by atoms with Crippen LogP contribution < -0.4 is 60.2 Å². The number of ketones is 1. The van der Waals surface area contributed by atoms with Gasteiger partial charge in [-0.25, -0.2) is 0 Å². The zero-order valence-electron chi connectivity index (χ0n) is 52.7. The second-order valence-corrected chi connectivity index (χ2v) is 25.2. The number of benzene rings is 1. The Morgan fingerprint density at radius 3 is 1.66 bits per heavy atom. The van der Waals surface area contributed by atoms with E-state index in [4.69, 9.17) is 22.9 Å². The number of carbonyl (C=O) groups is 12. The standard InChI is InChI=1S/C55H73F17N12O13S2/c1-5-25(3)40-46(96)79-31(14-15-36(74)87)43(93)81-33(21-37(75)88)44(94)82-34(24-99-98-23-30(73)42(92)80-32(45(95)83-40)19-27-10-12-29(85)13-11-27)47(97)84(6-2)26(4)35(86)20-28(41(91)78-22-38(76)89)9-7-8-18-77-39(90)16-17-48(56,57)49(58,59)50(60,61)51(62,63)52(64,65)53(66,67)54(68,69)55(70,71)72/h10-13,25-26,28,30-34,40,85H,5-9,14-24,73H2,1-4H3,(H2,74,87)(H2,75,88)(H2,76,89)(H,77,90)(H,78,91)(H,79,96)(H,80,92)(H,81,93)(H,82,94)(H,83,95)/t25?,26-,28+,30-,31-,32-,33-,34-,40?/m0/s1. The molecule has 0 radical (unpaired) electrons. The molecule has 0 aromatic heterocycles. The van der Waals surface area contributed by atoms with E-state index in [0.717, 1.165) is 33.4 Å². The topological polar surface area (TPSA) is 417 Å². The van der Waals surface area contributed by atoms with Gasteiger partial charge in [0.15, 0.2) is 5.78 Å². The van der Waals surface area contributed by atoms with Crippen molar-refractivity contribution in [3.05, 3.63) is 29.8 Å². The summed E-state index contributed by atoms with van der Waals surface area (Å²) in [4.78, 5) is 162. The molecule has 1 fully saturated rings. The van der Waals surface area contributed by atoms with Gasteiger partial charge in [-0.1, -0.05) is 60.4 Å². The number of hydrogen-bond donors (Lipinski definition) is 12. The van der Waals surface area contributed by atoms with Crippen LogP contribution in [0.4, 0.5) is 74.6 Å². The molecule has 16 N–H and O–H groups in total. The van der Waals surface area contributed by atoms with Crippen molar-refractivity contribution in [2.45, 2.75) is 188 Å². The molecule has 1 aromatic carbocycles. The van der Waals surface area contributed by atoms with Crippen molar-refractivity contribution >= 4 is 92.4 Å². The number of phenolic OH excluding ortho intramolecular Hbond substituents is 1. The number of rotatable bonds is 32. The lowest BCUT2D eigenvalue weighted by molar-refractivity contribution is -0.461. The first kappa shape index (κ1) is 87.4. The molecule has 1 heterocycles. The molecule has 25 nitrogen and oxygen atoms in total. The monoisotopic (exact) mass is 1500 g/mol. The van der Waals surface area contributed by atoms with Crippen LogP contribution in [0.1, 0.15) is 97.5 Å². The van der Waals surface area contributed by atoms with E-state index in [1.54, 1.807) is 19.2 Å². The second kappa shape index (κ2) is 36.1. The van der Waals surface area contributed by atoms with Gasteiger partial charge in [-0.15, -0.1) is 0 Å². The molecule has 0 saturated carbocycles. The van der Waals surface area contributed by atoms with Crippen LogP contribution in [0.5, 0.6) is 5.75 Å². The Morgan fingerprint density at radius 1 is 0.616 bits per heavy atom.